The van der Waals surface area contributed by atoms with Gasteiger partial charge in [-0.05, 0) is 37.5 Å². The van der Waals surface area contributed by atoms with Crippen LogP contribution in [0.15, 0.2) is 18.2 Å². The summed E-state index contributed by atoms with van der Waals surface area (Å²) in [5.74, 6) is 0. The first kappa shape index (κ1) is 11.9. The van der Waals surface area contributed by atoms with Crippen LogP contribution in [-0.2, 0) is 13.0 Å². The zero-order valence-electron chi connectivity index (χ0n) is 9.83. The molecule has 0 spiro atoms. The predicted molar refractivity (Wildman–Crippen MR) is 66.7 cm³/mol. The Kier molecular flexibility index (Phi) is 3.24. The number of hydrogen-bond donors (Lipinski definition) is 1. The van der Waals surface area contributed by atoms with Gasteiger partial charge in [0.1, 0.15) is 0 Å². The van der Waals surface area contributed by atoms with E-state index in [1.807, 2.05) is 26.0 Å². The quantitative estimate of drug-likeness (QED) is 0.857. The van der Waals surface area contributed by atoms with E-state index >= 15 is 0 Å². The summed E-state index contributed by atoms with van der Waals surface area (Å²) in [5, 5.41) is 10.7. The summed E-state index contributed by atoms with van der Waals surface area (Å²) in [5.41, 5.74) is 1.94. The van der Waals surface area contributed by atoms with E-state index in [1.165, 1.54) is 11.1 Å². The molecule has 1 heterocycles. The van der Waals surface area contributed by atoms with Gasteiger partial charge < -0.3 is 5.11 Å². The van der Waals surface area contributed by atoms with Crippen molar-refractivity contribution in [2.45, 2.75) is 32.4 Å². The van der Waals surface area contributed by atoms with Gasteiger partial charge in [-0.2, -0.15) is 0 Å². The van der Waals surface area contributed by atoms with Gasteiger partial charge in [0.2, 0.25) is 0 Å². The summed E-state index contributed by atoms with van der Waals surface area (Å²) < 4.78 is 0. The molecule has 0 aliphatic carbocycles. The van der Waals surface area contributed by atoms with Gasteiger partial charge in [-0.25, -0.2) is 0 Å². The molecular weight excluding hydrogens is 222 g/mol. The van der Waals surface area contributed by atoms with Gasteiger partial charge in [0.25, 0.3) is 0 Å². The normalized spacial score (nSPS) is 17.2. The molecule has 0 bridgehead atoms. The van der Waals surface area contributed by atoms with Gasteiger partial charge in [-0.15, -0.1) is 0 Å². The average molecular weight is 240 g/mol. The molecule has 0 unspecified atom stereocenters. The fraction of sp³-hybridized carbons (Fsp3) is 0.538. The van der Waals surface area contributed by atoms with Crippen LogP contribution in [0.25, 0.3) is 0 Å². The van der Waals surface area contributed by atoms with Crippen molar-refractivity contribution < 1.29 is 5.11 Å². The third kappa shape index (κ3) is 2.76. The van der Waals surface area contributed by atoms with Crippen LogP contribution in [0.5, 0.6) is 0 Å². The Hall–Kier alpha value is -0.570. The van der Waals surface area contributed by atoms with Gasteiger partial charge in [-0.1, -0.05) is 23.7 Å². The number of benzene rings is 1. The Bertz CT molecular complexity index is 384. The number of halogens is 1. The maximum Gasteiger partial charge on any atom is 0.0718 e. The van der Waals surface area contributed by atoms with E-state index in [0.717, 1.165) is 24.5 Å². The Balaban J connectivity index is 2.12. The minimum Gasteiger partial charge on any atom is -0.389 e. The van der Waals surface area contributed by atoms with Crippen LogP contribution in [0.1, 0.15) is 25.0 Å². The highest BCUT2D eigenvalue weighted by Gasteiger charge is 2.23. The standard InChI is InChI=1S/C13H18ClNO/c1-13(2,16)9-15-7-6-11-10(8-15)4-3-5-12(11)14/h3-5,16H,6-9H2,1-2H3. The SMILES string of the molecule is CC(C)(O)CN1CCc2c(Cl)cccc2C1. The monoisotopic (exact) mass is 239 g/mol. The zero-order valence-corrected chi connectivity index (χ0v) is 10.6. The van der Waals surface area contributed by atoms with E-state index in [2.05, 4.69) is 11.0 Å². The maximum atomic E-state index is 9.80. The minimum atomic E-state index is -0.629. The molecule has 2 rings (SSSR count). The summed E-state index contributed by atoms with van der Waals surface area (Å²) in [6.45, 7) is 6.26. The van der Waals surface area contributed by atoms with Gasteiger partial charge in [0, 0.05) is 24.7 Å². The lowest BCUT2D eigenvalue weighted by molar-refractivity contribution is 0.0318. The molecule has 0 amide bonds. The number of nitrogens with zero attached hydrogens (tertiary/aromatic N) is 1. The Labute approximate surface area is 102 Å². The van der Waals surface area contributed by atoms with E-state index in [-0.39, 0.29) is 0 Å². The van der Waals surface area contributed by atoms with Gasteiger partial charge in [-0.3, -0.25) is 4.90 Å². The van der Waals surface area contributed by atoms with Crippen molar-refractivity contribution >= 4 is 11.6 Å². The molecule has 16 heavy (non-hydrogen) atoms. The lowest BCUT2D eigenvalue weighted by Crippen LogP contribution is -2.41. The average Bonchev–Trinajstić information content (AvgIpc) is 2.15. The highest BCUT2D eigenvalue weighted by molar-refractivity contribution is 6.31. The minimum absolute atomic E-state index is 0.629. The van der Waals surface area contributed by atoms with Gasteiger partial charge in [0.05, 0.1) is 5.60 Å². The third-order valence-electron chi connectivity index (χ3n) is 2.90. The van der Waals surface area contributed by atoms with Crippen LogP contribution in [-0.4, -0.2) is 28.7 Å². The molecule has 0 fully saturated rings. The van der Waals surface area contributed by atoms with E-state index in [0.29, 0.717) is 6.54 Å². The van der Waals surface area contributed by atoms with Crippen LogP contribution in [0, 0.1) is 0 Å². The second kappa shape index (κ2) is 4.36. The third-order valence-corrected chi connectivity index (χ3v) is 3.25. The molecule has 0 aromatic heterocycles. The molecule has 1 aliphatic rings. The molecule has 3 heteroatoms. The van der Waals surface area contributed by atoms with E-state index < -0.39 is 5.60 Å². The van der Waals surface area contributed by atoms with E-state index in [1.54, 1.807) is 0 Å². The predicted octanol–water partition coefficient (Wildman–Crippen LogP) is 2.47. The zero-order chi connectivity index (χ0) is 11.8. The van der Waals surface area contributed by atoms with Crippen molar-refractivity contribution in [1.29, 1.82) is 0 Å². The van der Waals surface area contributed by atoms with E-state index in [4.69, 9.17) is 11.6 Å². The van der Waals surface area contributed by atoms with Crippen LogP contribution in [0.2, 0.25) is 5.02 Å². The second-order valence-corrected chi connectivity index (χ2v) is 5.56. The smallest absolute Gasteiger partial charge is 0.0718 e. The lowest BCUT2D eigenvalue weighted by Gasteiger charge is -2.33. The molecule has 88 valence electrons. The molecular formula is C13H18ClNO. The van der Waals surface area contributed by atoms with Crippen LogP contribution in [0.3, 0.4) is 0 Å². The first-order chi connectivity index (χ1) is 7.46. The summed E-state index contributed by atoms with van der Waals surface area (Å²) in [4.78, 5) is 2.28. The largest absolute Gasteiger partial charge is 0.389 e. The van der Waals surface area contributed by atoms with Crippen molar-refractivity contribution in [2.24, 2.45) is 0 Å². The fourth-order valence-corrected chi connectivity index (χ4v) is 2.59. The topological polar surface area (TPSA) is 23.5 Å². The first-order valence-electron chi connectivity index (χ1n) is 5.67. The molecule has 0 radical (unpaired) electrons. The summed E-state index contributed by atoms with van der Waals surface area (Å²) in [6, 6.07) is 6.07. The Morgan fingerprint density at radius 1 is 1.44 bits per heavy atom. The number of aliphatic hydroxyl groups is 1. The first-order valence-corrected chi connectivity index (χ1v) is 6.04. The molecule has 0 saturated carbocycles. The molecule has 1 aromatic carbocycles. The highest BCUT2D eigenvalue weighted by atomic mass is 35.5. The number of rotatable bonds is 2. The number of fused-ring (bicyclic) bond motifs is 1. The van der Waals surface area contributed by atoms with Crippen molar-refractivity contribution in [1.82, 2.24) is 4.90 Å². The van der Waals surface area contributed by atoms with E-state index in [9.17, 15) is 5.11 Å². The number of β-amino-alcohol motifs (C(OH)–C–C–N with tert-alkyl or cyclic N) is 1. The second-order valence-electron chi connectivity index (χ2n) is 5.15. The molecule has 1 aliphatic heterocycles. The maximum absolute atomic E-state index is 9.80. The Morgan fingerprint density at radius 3 is 2.88 bits per heavy atom. The lowest BCUT2D eigenvalue weighted by atomic mass is 9.98. The molecule has 0 atom stereocenters. The summed E-state index contributed by atoms with van der Waals surface area (Å²) >= 11 is 6.16. The Morgan fingerprint density at radius 2 is 2.19 bits per heavy atom. The van der Waals surface area contributed by atoms with Crippen LogP contribution in [0.4, 0.5) is 0 Å². The fourth-order valence-electron chi connectivity index (χ4n) is 2.30. The molecule has 1 aromatic rings. The highest BCUT2D eigenvalue weighted by Crippen LogP contribution is 2.26. The van der Waals surface area contributed by atoms with Crippen molar-refractivity contribution in [3.8, 4) is 0 Å². The van der Waals surface area contributed by atoms with Crippen LogP contribution < -0.4 is 0 Å². The molecule has 0 saturated heterocycles. The molecule has 2 nitrogen and oxygen atoms in total. The summed E-state index contributed by atoms with van der Waals surface area (Å²) in [7, 11) is 0. The van der Waals surface area contributed by atoms with Crippen molar-refractivity contribution in [3.05, 3.63) is 34.3 Å². The molecule has 1 N–H and O–H groups in total. The van der Waals surface area contributed by atoms with Gasteiger partial charge >= 0.3 is 0 Å². The number of hydrogen-bond acceptors (Lipinski definition) is 2. The van der Waals surface area contributed by atoms with Crippen molar-refractivity contribution in [2.75, 3.05) is 13.1 Å². The van der Waals surface area contributed by atoms with Crippen molar-refractivity contribution in [3.63, 3.8) is 0 Å². The van der Waals surface area contributed by atoms with Gasteiger partial charge in [0.15, 0.2) is 0 Å². The summed E-state index contributed by atoms with van der Waals surface area (Å²) in [6.07, 6.45) is 0.977. The van der Waals surface area contributed by atoms with Crippen LogP contribution >= 0.6 is 11.6 Å².